The highest BCUT2D eigenvalue weighted by molar-refractivity contribution is 7.90. The van der Waals surface area contributed by atoms with Crippen molar-refractivity contribution in [3.05, 3.63) is 40.8 Å². The van der Waals surface area contributed by atoms with Crippen molar-refractivity contribution in [2.75, 3.05) is 20.6 Å². The highest BCUT2D eigenvalue weighted by Gasteiger charge is 2.29. The van der Waals surface area contributed by atoms with Crippen molar-refractivity contribution in [1.82, 2.24) is 22.8 Å². The lowest BCUT2D eigenvalue weighted by Crippen LogP contribution is -2.16. The molecule has 0 saturated heterocycles. The predicted molar refractivity (Wildman–Crippen MR) is 104 cm³/mol. The van der Waals surface area contributed by atoms with Gasteiger partial charge in [-0.1, -0.05) is 11.6 Å². The number of aromatic nitrogens is 4. The van der Waals surface area contributed by atoms with E-state index in [0.29, 0.717) is 10.5 Å². The Morgan fingerprint density at radius 1 is 1.31 bits per heavy atom. The third kappa shape index (κ3) is 2.58. The Balaban J connectivity index is 1.93. The number of hydrogen-bond donors (Lipinski definition) is 0. The number of thiazole rings is 1. The zero-order valence-electron chi connectivity index (χ0n) is 14.5. The van der Waals surface area contributed by atoms with Gasteiger partial charge >= 0.3 is 0 Å². The van der Waals surface area contributed by atoms with Crippen LogP contribution in [0.4, 0.5) is 0 Å². The first-order valence-electron chi connectivity index (χ1n) is 7.97. The Morgan fingerprint density at radius 2 is 2.08 bits per heavy atom. The minimum absolute atomic E-state index is 0.00432. The van der Waals surface area contributed by atoms with Gasteiger partial charge in [-0.2, -0.15) is 8.42 Å². The summed E-state index contributed by atoms with van der Waals surface area (Å²) in [6.45, 7) is 0.826. The summed E-state index contributed by atoms with van der Waals surface area (Å²) >= 11 is 7.52. The van der Waals surface area contributed by atoms with E-state index in [1.807, 2.05) is 38.0 Å². The largest absolute Gasteiger partial charge is 0.349 e. The number of fused-ring (bicyclic) bond motifs is 2. The van der Waals surface area contributed by atoms with Crippen LogP contribution in [0.15, 0.2) is 35.1 Å². The van der Waals surface area contributed by atoms with Crippen molar-refractivity contribution in [3.8, 4) is 0 Å². The van der Waals surface area contributed by atoms with Gasteiger partial charge in [0.25, 0.3) is 10.0 Å². The highest BCUT2D eigenvalue weighted by Crippen LogP contribution is 2.31. The van der Waals surface area contributed by atoms with Crippen LogP contribution in [0.3, 0.4) is 0 Å². The highest BCUT2D eigenvalue weighted by atomic mass is 35.5. The van der Waals surface area contributed by atoms with Crippen molar-refractivity contribution in [2.45, 2.75) is 11.4 Å². The fourth-order valence-corrected chi connectivity index (χ4v) is 5.94. The molecule has 0 fully saturated rings. The maximum absolute atomic E-state index is 13.4. The molecule has 0 amide bonds. The lowest BCUT2D eigenvalue weighted by Gasteiger charge is -2.08. The average molecular weight is 412 g/mol. The Hall–Kier alpha value is -1.81. The smallest absolute Gasteiger partial charge is 0.287 e. The predicted octanol–water partition coefficient (Wildman–Crippen LogP) is 2.68. The number of rotatable bonds is 5. The number of hydrogen-bond acceptors (Lipinski definition) is 5. The molecule has 4 rings (SSSR count). The number of likely N-dealkylation sites (N-methyl/N-ethyl adjacent to an activating group) is 1. The maximum Gasteiger partial charge on any atom is 0.287 e. The van der Waals surface area contributed by atoms with Gasteiger partial charge in [-0.15, -0.1) is 11.3 Å². The third-order valence-corrected chi connectivity index (χ3v) is 7.21. The fourth-order valence-electron chi connectivity index (χ4n) is 3.15. The molecule has 4 aromatic rings. The molecule has 0 bridgehead atoms. The van der Waals surface area contributed by atoms with E-state index in [1.54, 1.807) is 17.8 Å². The standard InChI is InChI=1S/C16H18ClN5O2S2/c1-19(2)6-4-11-10-22(12-5-7-20(3)13(11)12)26(23,24)15-14(17)18-16-21(15)8-9-25-16/h5,7-10H,4,6H2,1-3H3. The lowest BCUT2D eigenvalue weighted by molar-refractivity contribution is 0.414. The van der Waals surface area contributed by atoms with Crippen LogP contribution in [0.1, 0.15) is 5.56 Å². The summed E-state index contributed by atoms with van der Waals surface area (Å²) in [5, 5.41) is 1.77. The van der Waals surface area contributed by atoms with Gasteiger partial charge in [0.1, 0.15) is 0 Å². The van der Waals surface area contributed by atoms with E-state index in [0.717, 1.165) is 24.0 Å². The molecule has 4 heterocycles. The summed E-state index contributed by atoms with van der Waals surface area (Å²) in [6, 6.07) is 1.81. The first kappa shape index (κ1) is 17.6. The van der Waals surface area contributed by atoms with Crippen LogP contribution in [-0.2, 0) is 23.5 Å². The zero-order chi connectivity index (χ0) is 18.6. The Labute approximate surface area is 160 Å². The summed E-state index contributed by atoms with van der Waals surface area (Å²) in [4.78, 5) is 6.79. The van der Waals surface area contributed by atoms with E-state index in [4.69, 9.17) is 11.6 Å². The second kappa shape index (κ2) is 6.12. The molecule has 10 heteroatoms. The summed E-state index contributed by atoms with van der Waals surface area (Å²) < 4.78 is 31.6. The Bertz CT molecular complexity index is 1210. The Kier molecular flexibility index (Phi) is 4.14. The lowest BCUT2D eigenvalue weighted by atomic mass is 10.2. The van der Waals surface area contributed by atoms with Crippen molar-refractivity contribution < 1.29 is 8.42 Å². The second-order valence-electron chi connectivity index (χ2n) is 6.43. The van der Waals surface area contributed by atoms with Gasteiger partial charge < -0.3 is 9.47 Å². The molecule has 0 aliphatic heterocycles. The van der Waals surface area contributed by atoms with E-state index in [9.17, 15) is 8.42 Å². The van der Waals surface area contributed by atoms with Gasteiger partial charge in [-0.3, -0.25) is 4.40 Å². The number of aryl methyl sites for hydroxylation is 1. The van der Waals surface area contributed by atoms with Crippen molar-refractivity contribution in [3.63, 3.8) is 0 Å². The summed E-state index contributed by atoms with van der Waals surface area (Å²) in [6.07, 6.45) is 5.99. The van der Waals surface area contributed by atoms with Crippen molar-refractivity contribution in [2.24, 2.45) is 7.05 Å². The van der Waals surface area contributed by atoms with Gasteiger partial charge in [-0.25, -0.2) is 8.96 Å². The third-order valence-electron chi connectivity index (χ3n) is 4.38. The molecule has 0 aliphatic carbocycles. The van der Waals surface area contributed by atoms with E-state index in [2.05, 4.69) is 9.88 Å². The molecular formula is C16H18ClN5O2S2. The van der Waals surface area contributed by atoms with Crippen molar-refractivity contribution in [1.29, 1.82) is 0 Å². The molecule has 7 nitrogen and oxygen atoms in total. The van der Waals surface area contributed by atoms with Gasteiger partial charge in [0, 0.05) is 37.6 Å². The van der Waals surface area contributed by atoms with Crippen LogP contribution in [0.5, 0.6) is 0 Å². The van der Waals surface area contributed by atoms with Gasteiger partial charge in [-0.05, 0) is 32.1 Å². The van der Waals surface area contributed by atoms with Crippen LogP contribution >= 0.6 is 22.9 Å². The molecule has 0 aliphatic rings. The normalized spacial score (nSPS) is 12.8. The van der Waals surface area contributed by atoms with E-state index < -0.39 is 10.0 Å². The average Bonchev–Trinajstić information content (AvgIpc) is 3.27. The van der Waals surface area contributed by atoms with E-state index in [1.165, 1.54) is 19.7 Å². The van der Waals surface area contributed by atoms with Crippen LogP contribution in [0, 0.1) is 0 Å². The molecule has 0 atom stereocenters. The quantitative estimate of drug-likeness (QED) is 0.506. The van der Waals surface area contributed by atoms with Gasteiger partial charge in [0.15, 0.2) is 10.1 Å². The minimum Gasteiger partial charge on any atom is -0.349 e. The second-order valence-corrected chi connectivity index (χ2v) is 9.39. The SMILES string of the molecule is CN(C)CCc1cn(S(=O)(=O)c2c(Cl)nc3sccn23)c2ccn(C)c12. The van der Waals surface area contributed by atoms with Crippen LogP contribution in [0.2, 0.25) is 5.15 Å². The molecule has 0 radical (unpaired) electrons. The summed E-state index contributed by atoms with van der Waals surface area (Å²) in [5.74, 6) is 0. The molecule has 26 heavy (non-hydrogen) atoms. The van der Waals surface area contributed by atoms with E-state index >= 15 is 0 Å². The molecule has 0 aromatic carbocycles. The fraction of sp³-hybridized carbons (Fsp3) is 0.312. The van der Waals surface area contributed by atoms with Crippen LogP contribution in [0.25, 0.3) is 16.0 Å². The first-order valence-corrected chi connectivity index (χ1v) is 10.7. The number of halogens is 1. The molecule has 0 unspecified atom stereocenters. The van der Waals surface area contributed by atoms with Crippen LogP contribution < -0.4 is 0 Å². The van der Waals surface area contributed by atoms with Gasteiger partial charge in [0.2, 0.25) is 5.03 Å². The summed E-state index contributed by atoms with van der Waals surface area (Å²) in [5.41, 5.74) is 2.53. The number of nitrogens with zero attached hydrogens (tertiary/aromatic N) is 5. The van der Waals surface area contributed by atoms with Crippen molar-refractivity contribution >= 4 is 49.0 Å². The number of imidazole rings is 1. The first-order chi connectivity index (χ1) is 12.3. The maximum atomic E-state index is 13.4. The van der Waals surface area contributed by atoms with Gasteiger partial charge in [0.05, 0.1) is 11.0 Å². The Morgan fingerprint density at radius 3 is 2.81 bits per heavy atom. The minimum atomic E-state index is -3.89. The van der Waals surface area contributed by atoms with Crippen LogP contribution in [-0.4, -0.2) is 51.9 Å². The topological polar surface area (TPSA) is 64.5 Å². The molecular weight excluding hydrogens is 394 g/mol. The molecule has 0 spiro atoms. The van der Waals surface area contributed by atoms with E-state index in [-0.39, 0.29) is 10.2 Å². The zero-order valence-corrected chi connectivity index (χ0v) is 16.9. The monoisotopic (exact) mass is 411 g/mol. The molecule has 138 valence electrons. The molecule has 0 saturated carbocycles. The molecule has 0 N–H and O–H groups in total. The summed E-state index contributed by atoms with van der Waals surface area (Å²) in [7, 11) is 2.02. The molecule has 4 aromatic heterocycles.